The number of nitrogens with zero attached hydrogens (tertiary/aromatic N) is 2. The zero-order chi connectivity index (χ0) is 12.1. The molecule has 0 atom stereocenters. The third-order valence-corrected chi connectivity index (χ3v) is 3.33. The summed E-state index contributed by atoms with van der Waals surface area (Å²) in [6, 6.07) is 0.638. The number of hydrogen-bond donors (Lipinski definition) is 0. The highest BCUT2D eigenvalue weighted by atomic mass is 16.2. The lowest BCUT2D eigenvalue weighted by Gasteiger charge is -2.35. The van der Waals surface area contributed by atoms with Crippen LogP contribution in [-0.2, 0) is 4.79 Å². The van der Waals surface area contributed by atoms with Crippen molar-refractivity contribution in [1.29, 1.82) is 0 Å². The van der Waals surface area contributed by atoms with E-state index in [1.165, 1.54) is 0 Å². The van der Waals surface area contributed by atoms with E-state index in [0.717, 1.165) is 37.9 Å². The van der Waals surface area contributed by atoms with Crippen molar-refractivity contribution in [3.63, 3.8) is 0 Å². The molecule has 0 aliphatic carbocycles. The molecule has 0 bridgehead atoms. The Hall–Kier alpha value is -0.830. The molecule has 0 radical (unpaired) electrons. The third-order valence-electron chi connectivity index (χ3n) is 3.33. The fraction of sp³-hybridized carbons (Fsp3) is 0.769. The lowest BCUT2D eigenvalue weighted by molar-refractivity contribution is -0.128. The van der Waals surface area contributed by atoms with Gasteiger partial charge in [-0.3, -0.25) is 4.79 Å². The molecule has 0 spiro atoms. The lowest BCUT2D eigenvalue weighted by Crippen LogP contribution is -2.44. The van der Waals surface area contributed by atoms with E-state index in [1.54, 1.807) is 0 Å². The summed E-state index contributed by atoms with van der Waals surface area (Å²) >= 11 is 0. The monoisotopic (exact) mass is 224 g/mol. The standard InChI is InChI=1S/C13H24N2O/c1-5-6-11(2)13(16)15-9-7-12(8-10-15)14(3)4/h6,12H,5,7-10H2,1-4H3. The number of carbonyl (C=O) groups is 1. The number of rotatable bonds is 3. The van der Waals surface area contributed by atoms with Gasteiger partial charge in [-0.05, 0) is 40.3 Å². The van der Waals surface area contributed by atoms with Crippen molar-refractivity contribution >= 4 is 5.91 Å². The zero-order valence-corrected chi connectivity index (χ0v) is 11.0. The highest BCUT2D eigenvalue weighted by Crippen LogP contribution is 2.16. The van der Waals surface area contributed by atoms with Gasteiger partial charge in [0.05, 0.1) is 0 Å². The fourth-order valence-corrected chi connectivity index (χ4v) is 2.23. The predicted octanol–water partition coefficient (Wildman–Crippen LogP) is 1.90. The summed E-state index contributed by atoms with van der Waals surface area (Å²) in [6.07, 6.45) is 5.14. The first-order valence-electron chi connectivity index (χ1n) is 6.18. The van der Waals surface area contributed by atoms with Gasteiger partial charge in [0.25, 0.3) is 0 Å². The Balaban J connectivity index is 2.48. The van der Waals surface area contributed by atoms with E-state index >= 15 is 0 Å². The van der Waals surface area contributed by atoms with Crippen molar-refractivity contribution < 1.29 is 4.79 Å². The van der Waals surface area contributed by atoms with E-state index < -0.39 is 0 Å². The second kappa shape index (κ2) is 6.04. The number of carbonyl (C=O) groups excluding carboxylic acids is 1. The van der Waals surface area contributed by atoms with Gasteiger partial charge in [0.15, 0.2) is 0 Å². The zero-order valence-electron chi connectivity index (χ0n) is 11.0. The van der Waals surface area contributed by atoms with Gasteiger partial charge in [-0.1, -0.05) is 13.0 Å². The first-order chi connectivity index (χ1) is 7.56. The summed E-state index contributed by atoms with van der Waals surface area (Å²) in [6.45, 7) is 5.78. The van der Waals surface area contributed by atoms with Gasteiger partial charge in [0, 0.05) is 24.7 Å². The van der Waals surface area contributed by atoms with Gasteiger partial charge < -0.3 is 9.80 Å². The van der Waals surface area contributed by atoms with Crippen LogP contribution in [0.1, 0.15) is 33.1 Å². The Morgan fingerprint density at radius 3 is 2.38 bits per heavy atom. The second-order valence-corrected chi connectivity index (χ2v) is 4.78. The quantitative estimate of drug-likeness (QED) is 0.684. The van der Waals surface area contributed by atoms with E-state index in [9.17, 15) is 4.79 Å². The smallest absolute Gasteiger partial charge is 0.249 e. The Bertz CT molecular complexity index is 263. The molecule has 1 aliphatic heterocycles. The van der Waals surface area contributed by atoms with Gasteiger partial charge in [-0.25, -0.2) is 0 Å². The van der Waals surface area contributed by atoms with Crippen LogP contribution in [0, 0.1) is 0 Å². The number of hydrogen-bond acceptors (Lipinski definition) is 2. The molecule has 0 aromatic rings. The molecule has 1 aliphatic rings. The molecule has 0 aromatic carbocycles. The minimum absolute atomic E-state index is 0.221. The molecule has 1 heterocycles. The van der Waals surface area contributed by atoms with Gasteiger partial charge >= 0.3 is 0 Å². The van der Waals surface area contributed by atoms with Crippen molar-refractivity contribution in [2.24, 2.45) is 0 Å². The van der Waals surface area contributed by atoms with Crippen LogP contribution in [0.3, 0.4) is 0 Å². The minimum Gasteiger partial charge on any atom is -0.339 e. The molecule has 3 nitrogen and oxygen atoms in total. The lowest BCUT2D eigenvalue weighted by atomic mass is 10.0. The maximum absolute atomic E-state index is 12.0. The Morgan fingerprint density at radius 1 is 1.38 bits per heavy atom. The van der Waals surface area contributed by atoms with Crippen LogP contribution in [0.25, 0.3) is 0 Å². The van der Waals surface area contributed by atoms with Crippen LogP contribution in [0.5, 0.6) is 0 Å². The maximum atomic E-state index is 12.0. The van der Waals surface area contributed by atoms with E-state index in [1.807, 2.05) is 17.9 Å². The number of amides is 1. The van der Waals surface area contributed by atoms with Crippen LogP contribution in [-0.4, -0.2) is 48.9 Å². The predicted molar refractivity (Wildman–Crippen MR) is 67.3 cm³/mol. The summed E-state index contributed by atoms with van der Waals surface area (Å²) in [5.74, 6) is 0.221. The summed E-state index contributed by atoms with van der Waals surface area (Å²) in [7, 11) is 4.23. The average Bonchev–Trinajstić information content (AvgIpc) is 2.28. The third kappa shape index (κ3) is 3.34. The average molecular weight is 224 g/mol. The Kier molecular flexibility index (Phi) is 5.00. The number of piperidine rings is 1. The fourth-order valence-electron chi connectivity index (χ4n) is 2.23. The molecule has 1 amide bonds. The van der Waals surface area contributed by atoms with E-state index in [0.29, 0.717) is 6.04 Å². The maximum Gasteiger partial charge on any atom is 0.249 e. The molecular weight excluding hydrogens is 200 g/mol. The summed E-state index contributed by atoms with van der Waals surface area (Å²) in [4.78, 5) is 16.3. The molecular formula is C13H24N2O. The van der Waals surface area contributed by atoms with Gasteiger partial charge in [-0.2, -0.15) is 0 Å². The highest BCUT2D eigenvalue weighted by molar-refractivity contribution is 5.92. The van der Waals surface area contributed by atoms with Crippen molar-refractivity contribution in [3.05, 3.63) is 11.6 Å². The molecule has 16 heavy (non-hydrogen) atoms. The van der Waals surface area contributed by atoms with Crippen LogP contribution < -0.4 is 0 Å². The molecule has 0 unspecified atom stereocenters. The van der Waals surface area contributed by atoms with Crippen LogP contribution >= 0.6 is 0 Å². The van der Waals surface area contributed by atoms with Crippen LogP contribution in [0.15, 0.2) is 11.6 Å². The molecule has 0 saturated carbocycles. The van der Waals surface area contributed by atoms with E-state index in [4.69, 9.17) is 0 Å². The summed E-state index contributed by atoms with van der Waals surface area (Å²) < 4.78 is 0. The topological polar surface area (TPSA) is 23.6 Å². The van der Waals surface area contributed by atoms with Crippen molar-refractivity contribution in [3.8, 4) is 0 Å². The minimum atomic E-state index is 0.221. The SMILES string of the molecule is CCC=C(C)C(=O)N1CCC(N(C)C)CC1. The van der Waals surface area contributed by atoms with Crippen molar-refractivity contribution in [1.82, 2.24) is 9.80 Å². The molecule has 1 fully saturated rings. The molecule has 0 aromatic heterocycles. The Morgan fingerprint density at radius 2 is 1.94 bits per heavy atom. The van der Waals surface area contributed by atoms with Crippen molar-refractivity contribution in [2.75, 3.05) is 27.2 Å². The summed E-state index contributed by atoms with van der Waals surface area (Å²) in [5.41, 5.74) is 0.894. The van der Waals surface area contributed by atoms with Gasteiger partial charge in [-0.15, -0.1) is 0 Å². The number of likely N-dealkylation sites (tertiary alicyclic amines) is 1. The molecule has 3 heteroatoms. The van der Waals surface area contributed by atoms with Crippen LogP contribution in [0.2, 0.25) is 0 Å². The number of allylic oxidation sites excluding steroid dienone is 1. The second-order valence-electron chi connectivity index (χ2n) is 4.78. The molecule has 1 saturated heterocycles. The van der Waals surface area contributed by atoms with Gasteiger partial charge in [0.1, 0.15) is 0 Å². The van der Waals surface area contributed by atoms with E-state index in [-0.39, 0.29) is 5.91 Å². The Labute approximate surface area is 99.1 Å². The molecule has 0 N–H and O–H groups in total. The summed E-state index contributed by atoms with van der Waals surface area (Å²) in [5, 5.41) is 0. The van der Waals surface area contributed by atoms with Gasteiger partial charge in [0.2, 0.25) is 5.91 Å². The normalized spacial score (nSPS) is 19.3. The first kappa shape index (κ1) is 13.2. The van der Waals surface area contributed by atoms with E-state index in [2.05, 4.69) is 25.9 Å². The first-order valence-corrected chi connectivity index (χ1v) is 6.18. The van der Waals surface area contributed by atoms with Crippen molar-refractivity contribution in [2.45, 2.75) is 39.2 Å². The molecule has 92 valence electrons. The highest BCUT2D eigenvalue weighted by Gasteiger charge is 2.24. The molecule has 1 rings (SSSR count). The largest absolute Gasteiger partial charge is 0.339 e. The van der Waals surface area contributed by atoms with Crippen LogP contribution in [0.4, 0.5) is 0 Å².